The largest absolute Gasteiger partial charge is 0.493 e. The van der Waals surface area contributed by atoms with Gasteiger partial charge in [0.15, 0.2) is 23.0 Å². The Kier molecular flexibility index (Phi) is 15.0. The van der Waals surface area contributed by atoms with Gasteiger partial charge >= 0.3 is 18.2 Å². The van der Waals surface area contributed by atoms with Crippen LogP contribution in [-0.2, 0) is 14.3 Å². The molecular formula is C32H46N4O11. The molecule has 0 atom stereocenters. The number of hydrogen-bond acceptors (Lipinski definition) is 13. The number of nitrogens with one attached hydrogen (secondary N) is 2. The molecule has 0 bridgehead atoms. The van der Waals surface area contributed by atoms with Gasteiger partial charge in [-0.05, 0) is 32.4 Å². The van der Waals surface area contributed by atoms with Crippen molar-refractivity contribution in [2.75, 3.05) is 98.7 Å². The number of carbonyl (C=O) groups is 3. The molecule has 0 spiro atoms. The van der Waals surface area contributed by atoms with Crippen molar-refractivity contribution in [3.8, 4) is 34.5 Å². The second-order valence-corrected chi connectivity index (χ2v) is 10.5. The van der Waals surface area contributed by atoms with Crippen molar-refractivity contribution in [3.63, 3.8) is 0 Å². The van der Waals surface area contributed by atoms with Gasteiger partial charge in [0.2, 0.25) is 11.5 Å². The Balaban J connectivity index is 1.33. The number of benzene rings is 2. The van der Waals surface area contributed by atoms with Gasteiger partial charge in [-0.3, -0.25) is 15.4 Å². The minimum Gasteiger partial charge on any atom is -0.493 e. The zero-order valence-electron chi connectivity index (χ0n) is 28.0. The van der Waals surface area contributed by atoms with Crippen LogP contribution in [0.2, 0.25) is 0 Å². The number of rotatable bonds is 16. The van der Waals surface area contributed by atoms with Crippen LogP contribution in [-0.4, -0.2) is 116 Å². The van der Waals surface area contributed by atoms with E-state index in [2.05, 4.69) is 20.4 Å². The summed E-state index contributed by atoms with van der Waals surface area (Å²) in [4.78, 5) is 40.9. The van der Waals surface area contributed by atoms with Crippen LogP contribution in [0.15, 0.2) is 24.3 Å². The molecule has 2 amide bonds. The normalized spacial score (nSPS) is 13.5. The van der Waals surface area contributed by atoms with Crippen LogP contribution in [0, 0.1) is 0 Å². The summed E-state index contributed by atoms with van der Waals surface area (Å²) in [5.74, 6) is 1.41. The van der Waals surface area contributed by atoms with Gasteiger partial charge in [0.05, 0.1) is 60.1 Å². The quantitative estimate of drug-likeness (QED) is 0.150. The molecule has 0 aromatic heterocycles. The lowest BCUT2D eigenvalue weighted by molar-refractivity contribution is -0.132. The topological polar surface area (TPSA) is 156 Å². The first-order valence-electron chi connectivity index (χ1n) is 15.3. The van der Waals surface area contributed by atoms with E-state index in [0.717, 1.165) is 45.7 Å². The van der Waals surface area contributed by atoms with Gasteiger partial charge in [0.25, 0.3) is 0 Å². The molecule has 260 valence electrons. The molecule has 0 unspecified atom stereocenters. The molecule has 3 rings (SSSR count). The minimum atomic E-state index is -0.632. The van der Waals surface area contributed by atoms with Gasteiger partial charge in [-0.1, -0.05) is 0 Å². The first kappa shape index (κ1) is 36.8. The molecule has 1 saturated heterocycles. The van der Waals surface area contributed by atoms with E-state index >= 15 is 0 Å². The van der Waals surface area contributed by atoms with E-state index in [1.54, 1.807) is 18.2 Å². The maximum Gasteiger partial charge on any atom is 0.411 e. The molecule has 1 aliphatic heterocycles. The molecule has 2 aromatic rings. The monoisotopic (exact) mass is 662 g/mol. The van der Waals surface area contributed by atoms with Crippen LogP contribution in [0.25, 0.3) is 0 Å². The first-order chi connectivity index (χ1) is 22.7. The van der Waals surface area contributed by atoms with Gasteiger partial charge in [0, 0.05) is 57.4 Å². The van der Waals surface area contributed by atoms with Crippen LogP contribution in [0.5, 0.6) is 34.5 Å². The Morgan fingerprint density at radius 2 is 1.02 bits per heavy atom. The number of nitrogens with zero attached hydrogens (tertiary/aromatic N) is 2. The molecule has 1 fully saturated rings. The van der Waals surface area contributed by atoms with Crippen molar-refractivity contribution in [3.05, 3.63) is 24.3 Å². The van der Waals surface area contributed by atoms with Crippen molar-refractivity contribution in [1.29, 1.82) is 0 Å². The van der Waals surface area contributed by atoms with Crippen molar-refractivity contribution < 1.29 is 52.3 Å². The first-order valence-corrected chi connectivity index (χ1v) is 15.3. The smallest absolute Gasteiger partial charge is 0.411 e. The lowest BCUT2D eigenvalue weighted by Gasteiger charge is -2.21. The third-order valence-electron chi connectivity index (χ3n) is 7.24. The SMILES string of the molecule is COc1cc(NC(=O)OCCCN2CCCN(CCCOC(=O)Nc3cc(OC)c(OC)c(OC(C)=O)c3)CC2)cc(OC)c1OC. The molecule has 1 heterocycles. The number of ether oxygens (including phenoxy) is 8. The third kappa shape index (κ3) is 11.6. The summed E-state index contributed by atoms with van der Waals surface area (Å²) < 4.78 is 42.4. The van der Waals surface area contributed by atoms with Crippen LogP contribution >= 0.6 is 0 Å². The second kappa shape index (κ2) is 19.1. The maximum absolute atomic E-state index is 12.4. The maximum atomic E-state index is 12.4. The fraction of sp³-hybridized carbons (Fsp3) is 0.531. The van der Waals surface area contributed by atoms with Crippen LogP contribution in [0.4, 0.5) is 21.0 Å². The highest BCUT2D eigenvalue weighted by Gasteiger charge is 2.19. The molecule has 15 heteroatoms. The highest BCUT2D eigenvalue weighted by atomic mass is 16.6. The average Bonchev–Trinajstić information content (AvgIpc) is 3.29. The van der Waals surface area contributed by atoms with Gasteiger partial charge in [-0.25, -0.2) is 9.59 Å². The van der Waals surface area contributed by atoms with Crippen LogP contribution in [0.1, 0.15) is 26.2 Å². The van der Waals surface area contributed by atoms with Crippen molar-refractivity contribution in [2.45, 2.75) is 26.2 Å². The van der Waals surface area contributed by atoms with Crippen LogP contribution < -0.4 is 39.1 Å². The molecule has 0 radical (unpaired) electrons. The van der Waals surface area contributed by atoms with E-state index in [4.69, 9.17) is 37.9 Å². The van der Waals surface area contributed by atoms with Crippen molar-refractivity contribution in [2.24, 2.45) is 0 Å². The number of hydrogen-bond donors (Lipinski definition) is 2. The highest BCUT2D eigenvalue weighted by Crippen LogP contribution is 2.41. The number of methoxy groups -OCH3 is 5. The zero-order valence-corrected chi connectivity index (χ0v) is 28.0. The Morgan fingerprint density at radius 3 is 1.40 bits per heavy atom. The van der Waals surface area contributed by atoms with Gasteiger partial charge in [0.1, 0.15) is 0 Å². The molecule has 1 aliphatic rings. The van der Waals surface area contributed by atoms with Gasteiger partial charge in [-0.15, -0.1) is 0 Å². The molecule has 2 aromatic carbocycles. The number of carbonyl (C=O) groups excluding carboxylic acids is 3. The fourth-order valence-corrected chi connectivity index (χ4v) is 5.07. The molecule has 2 N–H and O–H groups in total. The summed E-state index contributed by atoms with van der Waals surface area (Å²) in [6.07, 6.45) is 1.19. The number of amides is 2. The molecule has 15 nitrogen and oxygen atoms in total. The van der Waals surface area contributed by atoms with Gasteiger partial charge < -0.3 is 47.7 Å². The summed E-state index contributed by atoms with van der Waals surface area (Å²) in [5, 5.41) is 5.33. The highest BCUT2D eigenvalue weighted by molar-refractivity contribution is 5.87. The second-order valence-electron chi connectivity index (χ2n) is 10.5. The Hall–Kier alpha value is -4.63. The average molecular weight is 663 g/mol. The van der Waals surface area contributed by atoms with E-state index in [9.17, 15) is 14.4 Å². The third-order valence-corrected chi connectivity index (χ3v) is 7.24. The molecular weight excluding hydrogens is 616 g/mol. The fourth-order valence-electron chi connectivity index (χ4n) is 5.07. The summed E-state index contributed by atoms with van der Waals surface area (Å²) in [6.45, 7) is 7.07. The minimum absolute atomic E-state index is 0.121. The summed E-state index contributed by atoms with van der Waals surface area (Å²) in [6, 6.07) is 6.28. The number of anilines is 2. The van der Waals surface area contributed by atoms with E-state index in [1.165, 1.54) is 48.5 Å². The molecule has 0 aliphatic carbocycles. The summed E-state index contributed by atoms with van der Waals surface area (Å²) >= 11 is 0. The Labute approximate surface area is 275 Å². The van der Waals surface area contributed by atoms with E-state index in [1.807, 2.05) is 0 Å². The standard InChI is InChI=1S/C32H46N4O11/c1-22(37)47-28-21-24(20-27(42-4)30(28)44-6)34-32(39)46-17-9-13-36-11-7-10-35(14-15-36)12-8-16-45-31(38)33-23-18-25(40-2)29(43-5)26(19-23)41-3/h18-21H,7-17H2,1-6H3,(H,33,38)(H,34,39). The Morgan fingerprint density at radius 1 is 0.617 bits per heavy atom. The lowest BCUT2D eigenvalue weighted by atomic mass is 10.2. The predicted molar refractivity (Wildman–Crippen MR) is 174 cm³/mol. The lowest BCUT2D eigenvalue weighted by Crippen LogP contribution is -2.32. The Bertz CT molecular complexity index is 1320. The predicted octanol–water partition coefficient (Wildman–Crippen LogP) is 4.24. The number of esters is 1. The van der Waals surface area contributed by atoms with Crippen LogP contribution in [0.3, 0.4) is 0 Å². The summed E-state index contributed by atoms with van der Waals surface area (Å²) in [7, 11) is 7.39. The van der Waals surface area contributed by atoms with Crippen molar-refractivity contribution in [1.82, 2.24) is 9.80 Å². The summed E-state index contributed by atoms with van der Waals surface area (Å²) in [5.41, 5.74) is 0.803. The molecule has 47 heavy (non-hydrogen) atoms. The molecule has 0 saturated carbocycles. The zero-order chi connectivity index (χ0) is 34.2. The van der Waals surface area contributed by atoms with E-state index < -0.39 is 18.2 Å². The van der Waals surface area contributed by atoms with Gasteiger partial charge in [-0.2, -0.15) is 0 Å². The van der Waals surface area contributed by atoms with E-state index in [0.29, 0.717) is 47.2 Å². The van der Waals surface area contributed by atoms with E-state index in [-0.39, 0.29) is 24.7 Å². The van der Waals surface area contributed by atoms with Crippen molar-refractivity contribution >= 4 is 29.5 Å².